The number of likely N-dealkylation sites (tertiary alicyclic amines) is 1. The Morgan fingerprint density at radius 3 is 2.48 bits per heavy atom. The Kier molecular flexibility index (Phi) is 5.72. The topological polar surface area (TPSA) is 23.6 Å². The first-order valence-electron chi connectivity index (χ1n) is 9.62. The molecule has 5 heteroatoms. The molecule has 0 aliphatic carbocycles. The molecule has 1 atom stereocenters. The Bertz CT molecular complexity index is 833. The van der Waals surface area contributed by atoms with Crippen molar-refractivity contribution in [2.45, 2.75) is 38.3 Å². The Morgan fingerprint density at radius 1 is 1.00 bits per heavy atom. The summed E-state index contributed by atoms with van der Waals surface area (Å²) < 4.78 is 0. The fourth-order valence-electron chi connectivity index (χ4n) is 4.23. The lowest BCUT2D eigenvalue weighted by molar-refractivity contribution is -0.134. The molecule has 0 spiro atoms. The average Bonchev–Trinajstić information content (AvgIpc) is 3.17. The molecule has 1 saturated heterocycles. The molecular weight excluding hydrogens is 379 g/mol. The molecule has 3 nitrogen and oxygen atoms in total. The summed E-state index contributed by atoms with van der Waals surface area (Å²) in [5, 5.41) is 1.02. The van der Waals surface area contributed by atoms with Crippen LogP contribution in [0.15, 0.2) is 42.5 Å². The molecule has 0 unspecified atom stereocenters. The van der Waals surface area contributed by atoms with E-state index in [0.29, 0.717) is 23.0 Å². The van der Waals surface area contributed by atoms with Gasteiger partial charge in [0.1, 0.15) is 0 Å². The fourth-order valence-corrected chi connectivity index (χ4v) is 4.55. The fraction of sp³-hybridized carbons (Fsp3) is 0.409. The van der Waals surface area contributed by atoms with Crippen molar-refractivity contribution in [3.05, 3.63) is 69.2 Å². The van der Waals surface area contributed by atoms with Gasteiger partial charge in [-0.1, -0.05) is 53.5 Å². The maximum Gasteiger partial charge on any atom is 0.227 e. The van der Waals surface area contributed by atoms with Crippen LogP contribution in [0.3, 0.4) is 0 Å². The quantitative estimate of drug-likeness (QED) is 0.746. The lowest BCUT2D eigenvalue weighted by Gasteiger charge is -2.39. The third-order valence-electron chi connectivity index (χ3n) is 5.68. The summed E-state index contributed by atoms with van der Waals surface area (Å²) in [4.78, 5) is 17.8. The molecule has 1 fully saturated rings. The molecule has 2 aliphatic rings. The number of hydrogen-bond donors (Lipinski definition) is 0. The summed E-state index contributed by atoms with van der Waals surface area (Å²) in [5.41, 5.74) is 3.55. The van der Waals surface area contributed by atoms with Crippen LogP contribution in [0.2, 0.25) is 10.0 Å². The van der Waals surface area contributed by atoms with Crippen molar-refractivity contribution in [1.82, 2.24) is 9.80 Å². The Hall–Kier alpha value is -1.55. The van der Waals surface area contributed by atoms with Crippen LogP contribution in [0, 0.1) is 0 Å². The molecule has 0 saturated carbocycles. The molecule has 0 bridgehead atoms. The maximum atomic E-state index is 13.2. The highest BCUT2D eigenvalue weighted by Crippen LogP contribution is 2.27. The van der Waals surface area contributed by atoms with Gasteiger partial charge in [0.15, 0.2) is 0 Å². The summed E-state index contributed by atoms with van der Waals surface area (Å²) in [6.45, 7) is 3.94. The van der Waals surface area contributed by atoms with E-state index in [1.54, 1.807) is 12.1 Å². The van der Waals surface area contributed by atoms with Gasteiger partial charge in [-0.25, -0.2) is 0 Å². The zero-order chi connectivity index (χ0) is 18.8. The van der Waals surface area contributed by atoms with Crippen LogP contribution in [-0.2, 0) is 24.2 Å². The molecule has 2 aromatic rings. The van der Waals surface area contributed by atoms with Gasteiger partial charge >= 0.3 is 0 Å². The van der Waals surface area contributed by atoms with Crippen LogP contribution in [0.4, 0.5) is 0 Å². The molecule has 0 N–H and O–H groups in total. The molecular formula is C22H24Cl2N2O. The largest absolute Gasteiger partial charge is 0.333 e. The van der Waals surface area contributed by atoms with Crippen LogP contribution in [0.1, 0.15) is 29.5 Å². The van der Waals surface area contributed by atoms with Gasteiger partial charge in [-0.2, -0.15) is 0 Å². The van der Waals surface area contributed by atoms with Gasteiger partial charge in [0.25, 0.3) is 0 Å². The van der Waals surface area contributed by atoms with Crippen molar-refractivity contribution < 1.29 is 4.79 Å². The highest BCUT2D eigenvalue weighted by Gasteiger charge is 2.31. The maximum absolute atomic E-state index is 13.2. The lowest BCUT2D eigenvalue weighted by Crippen LogP contribution is -2.50. The first kappa shape index (κ1) is 18.8. The number of hydrogen-bond acceptors (Lipinski definition) is 2. The van der Waals surface area contributed by atoms with Crippen molar-refractivity contribution in [2.24, 2.45) is 0 Å². The molecule has 0 radical (unpaired) electrons. The second kappa shape index (κ2) is 8.22. The third-order valence-corrected chi connectivity index (χ3v) is 6.42. The van der Waals surface area contributed by atoms with Gasteiger partial charge in [-0.3, -0.25) is 4.79 Å². The molecule has 2 aromatic carbocycles. The third kappa shape index (κ3) is 4.31. The number of benzene rings is 2. The number of carbonyl (C=O) groups is 1. The molecule has 2 heterocycles. The Morgan fingerprint density at radius 2 is 1.74 bits per heavy atom. The van der Waals surface area contributed by atoms with E-state index in [-0.39, 0.29) is 11.9 Å². The number of carbonyl (C=O) groups excluding carboxylic acids is 1. The molecule has 142 valence electrons. The molecule has 27 heavy (non-hydrogen) atoms. The summed E-state index contributed by atoms with van der Waals surface area (Å²) in [6, 6.07) is 14.2. The van der Waals surface area contributed by atoms with Gasteiger partial charge in [0.2, 0.25) is 5.91 Å². The smallest absolute Gasteiger partial charge is 0.227 e. The predicted octanol–water partition coefficient (Wildman–Crippen LogP) is 4.59. The summed E-state index contributed by atoms with van der Waals surface area (Å²) in [7, 11) is 0. The van der Waals surface area contributed by atoms with Crippen molar-refractivity contribution in [3.8, 4) is 0 Å². The minimum absolute atomic E-state index is 0.159. The summed E-state index contributed by atoms with van der Waals surface area (Å²) in [6.07, 6.45) is 3.82. The highest BCUT2D eigenvalue weighted by atomic mass is 35.5. The summed E-state index contributed by atoms with van der Waals surface area (Å²) in [5.74, 6) is 0.159. The Labute approximate surface area is 170 Å². The minimum Gasteiger partial charge on any atom is -0.333 e. The number of rotatable bonds is 4. The lowest BCUT2D eigenvalue weighted by atomic mass is 9.93. The van der Waals surface area contributed by atoms with Gasteiger partial charge < -0.3 is 9.80 Å². The molecule has 0 aromatic heterocycles. The second-order valence-corrected chi connectivity index (χ2v) is 8.40. The molecule has 1 amide bonds. The number of nitrogens with zero attached hydrogens (tertiary/aromatic N) is 2. The van der Waals surface area contributed by atoms with Crippen molar-refractivity contribution in [2.75, 3.05) is 19.6 Å². The zero-order valence-electron chi connectivity index (χ0n) is 15.3. The van der Waals surface area contributed by atoms with E-state index in [2.05, 4.69) is 34.1 Å². The Balaban J connectivity index is 1.54. The van der Waals surface area contributed by atoms with E-state index in [4.69, 9.17) is 23.2 Å². The molecule has 2 aliphatic heterocycles. The van der Waals surface area contributed by atoms with E-state index in [0.717, 1.165) is 31.6 Å². The van der Waals surface area contributed by atoms with Crippen molar-refractivity contribution in [3.63, 3.8) is 0 Å². The van der Waals surface area contributed by atoms with Crippen LogP contribution < -0.4 is 0 Å². The van der Waals surface area contributed by atoms with E-state index >= 15 is 0 Å². The predicted molar refractivity (Wildman–Crippen MR) is 110 cm³/mol. The zero-order valence-corrected chi connectivity index (χ0v) is 16.8. The minimum atomic E-state index is 0.159. The van der Waals surface area contributed by atoms with E-state index < -0.39 is 0 Å². The van der Waals surface area contributed by atoms with Crippen LogP contribution in [-0.4, -0.2) is 41.4 Å². The summed E-state index contributed by atoms with van der Waals surface area (Å²) >= 11 is 12.1. The van der Waals surface area contributed by atoms with Crippen LogP contribution >= 0.6 is 23.2 Å². The van der Waals surface area contributed by atoms with Crippen LogP contribution in [0.25, 0.3) is 0 Å². The van der Waals surface area contributed by atoms with E-state index in [1.165, 1.54) is 24.0 Å². The van der Waals surface area contributed by atoms with E-state index in [9.17, 15) is 4.79 Å². The van der Waals surface area contributed by atoms with Gasteiger partial charge in [-0.15, -0.1) is 0 Å². The second-order valence-electron chi connectivity index (χ2n) is 7.58. The van der Waals surface area contributed by atoms with Crippen molar-refractivity contribution in [1.29, 1.82) is 0 Å². The van der Waals surface area contributed by atoms with Gasteiger partial charge in [0.05, 0.1) is 16.5 Å². The number of fused-ring (bicyclic) bond motifs is 1. The SMILES string of the molecule is O=C(Cc1ccc(Cl)c(Cl)c1)N1Cc2ccccc2C[C@H]1CN1CCCC1. The van der Waals surface area contributed by atoms with Crippen LogP contribution in [0.5, 0.6) is 0 Å². The number of amides is 1. The van der Waals surface area contributed by atoms with Crippen molar-refractivity contribution >= 4 is 29.1 Å². The average molecular weight is 403 g/mol. The number of halogens is 2. The monoisotopic (exact) mass is 402 g/mol. The van der Waals surface area contributed by atoms with Gasteiger partial charge in [-0.05, 0) is 61.2 Å². The standard InChI is InChI=1S/C22H24Cl2N2O/c23-20-8-7-16(11-21(20)24)12-22(27)26-14-18-6-2-1-5-17(18)13-19(26)15-25-9-3-4-10-25/h1-2,5-8,11,19H,3-4,9-10,12-15H2/t19-/m0/s1. The molecule has 4 rings (SSSR count). The van der Waals surface area contributed by atoms with Gasteiger partial charge in [0, 0.05) is 19.1 Å². The first-order chi connectivity index (χ1) is 13.1. The highest BCUT2D eigenvalue weighted by molar-refractivity contribution is 6.42. The first-order valence-corrected chi connectivity index (χ1v) is 10.4. The van der Waals surface area contributed by atoms with E-state index in [1.807, 2.05) is 6.07 Å². The normalized spacial score (nSPS) is 19.9.